The Morgan fingerprint density at radius 1 is 0.946 bits per heavy atom. The van der Waals surface area contributed by atoms with Crippen LogP contribution in [0.4, 0.5) is 11.4 Å². The maximum absolute atomic E-state index is 13.0. The van der Waals surface area contributed by atoms with Crippen LogP contribution in [-0.4, -0.2) is 34.1 Å². The largest absolute Gasteiger partial charge is 0.493 e. The SMILES string of the molecule is COc1ccc(C2CC(=O)N(c3cccc(NS(=O)(=O)c4ccccc4C)c3)C2)cc1OC1CCCC1. The number of carbonyl (C=O) groups is 1. The fourth-order valence-electron chi connectivity index (χ4n) is 5.21. The van der Waals surface area contributed by atoms with Gasteiger partial charge in [-0.15, -0.1) is 0 Å². The number of methoxy groups -OCH3 is 1. The molecule has 7 nitrogen and oxygen atoms in total. The number of aryl methyl sites for hydroxylation is 1. The number of carbonyl (C=O) groups excluding carboxylic acids is 1. The third kappa shape index (κ3) is 5.44. The molecule has 37 heavy (non-hydrogen) atoms. The van der Waals surface area contributed by atoms with Gasteiger partial charge in [0, 0.05) is 24.6 Å². The van der Waals surface area contributed by atoms with Gasteiger partial charge in [0.2, 0.25) is 5.91 Å². The summed E-state index contributed by atoms with van der Waals surface area (Å²) in [5.74, 6) is 1.42. The monoisotopic (exact) mass is 520 g/mol. The molecule has 1 atom stereocenters. The second-order valence-electron chi connectivity index (χ2n) is 9.76. The predicted molar refractivity (Wildman–Crippen MR) is 144 cm³/mol. The van der Waals surface area contributed by atoms with Crippen LogP contribution in [0.5, 0.6) is 11.5 Å². The van der Waals surface area contributed by atoms with Gasteiger partial charge in [-0.05, 0) is 80.1 Å². The Hall–Kier alpha value is -3.52. The van der Waals surface area contributed by atoms with E-state index in [0.717, 1.165) is 24.2 Å². The Balaban J connectivity index is 1.34. The number of hydrogen-bond donors (Lipinski definition) is 1. The summed E-state index contributed by atoms with van der Waals surface area (Å²) in [4.78, 5) is 15.0. The van der Waals surface area contributed by atoms with Crippen LogP contribution >= 0.6 is 0 Å². The first-order valence-electron chi connectivity index (χ1n) is 12.7. The molecular weight excluding hydrogens is 488 g/mol. The Labute approximate surface area is 218 Å². The molecule has 1 amide bonds. The molecular formula is C29H32N2O5S. The number of nitrogens with zero attached hydrogens (tertiary/aromatic N) is 1. The average Bonchev–Trinajstić information content (AvgIpc) is 3.53. The average molecular weight is 521 g/mol. The van der Waals surface area contributed by atoms with Crippen LogP contribution in [0.3, 0.4) is 0 Å². The fourth-order valence-corrected chi connectivity index (χ4v) is 6.51. The summed E-state index contributed by atoms with van der Waals surface area (Å²) in [6.45, 7) is 2.26. The lowest BCUT2D eigenvalue weighted by molar-refractivity contribution is -0.117. The lowest BCUT2D eigenvalue weighted by Gasteiger charge is -2.20. The molecule has 5 rings (SSSR count). The number of amides is 1. The van der Waals surface area contributed by atoms with Crippen molar-refractivity contribution >= 4 is 27.3 Å². The van der Waals surface area contributed by atoms with E-state index >= 15 is 0 Å². The summed E-state index contributed by atoms with van der Waals surface area (Å²) in [5, 5.41) is 0. The zero-order valence-electron chi connectivity index (χ0n) is 21.1. The van der Waals surface area contributed by atoms with Gasteiger partial charge in [0.15, 0.2) is 11.5 Å². The van der Waals surface area contributed by atoms with Gasteiger partial charge in [-0.3, -0.25) is 9.52 Å². The van der Waals surface area contributed by atoms with Gasteiger partial charge >= 0.3 is 0 Å². The molecule has 1 aliphatic heterocycles. The normalized spacial score (nSPS) is 18.3. The van der Waals surface area contributed by atoms with Crippen LogP contribution in [0, 0.1) is 6.92 Å². The number of hydrogen-bond acceptors (Lipinski definition) is 5. The van der Waals surface area contributed by atoms with Crippen molar-refractivity contribution in [2.45, 2.75) is 55.9 Å². The number of benzene rings is 3. The number of anilines is 2. The molecule has 1 saturated carbocycles. The molecule has 1 unspecified atom stereocenters. The molecule has 8 heteroatoms. The topological polar surface area (TPSA) is 84.9 Å². The van der Waals surface area contributed by atoms with Crippen molar-refractivity contribution in [3.05, 3.63) is 77.9 Å². The zero-order chi connectivity index (χ0) is 26.0. The van der Waals surface area contributed by atoms with E-state index in [9.17, 15) is 13.2 Å². The highest BCUT2D eigenvalue weighted by molar-refractivity contribution is 7.92. The van der Waals surface area contributed by atoms with E-state index in [1.807, 2.05) is 24.3 Å². The van der Waals surface area contributed by atoms with Crippen molar-refractivity contribution < 1.29 is 22.7 Å². The number of rotatable bonds is 8. The molecule has 0 aromatic heterocycles. The fraction of sp³-hybridized carbons (Fsp3) is 0.345. The third-order valence-corrected chi connectivity index (χ3v) is 8.71. The minimum Gasteiger partial charge on any atom is -0.493 e. The van der Waals surface area contributed by atoms with Crippen LogP contribution in [0.1, 0.15) is 49.1 Å². The third-order valence-electron chi connectivity index (χ3n) is 7.17. The highest BCUT2D eigenvalue weighted by Gasteiger charge is 2.32. The molecule has 194 valence electrons. The number of nitrogens with one attached hydrogen (secondary N) is 1. The van der Waals surface area contributed by atoms with Crippen molar-refractivity contribution in [1.82, 2.24) is 0 Å². The summed E-state index contributed by atoms with van der Waals surface area (Å²) >= 11 is 0. The summed E-state index contributed by atoms with van der Waals surface area (Å²) in [6, 6.07) is 19.7. The van der Waals surface area contributed by atoms with Crippen LogP contribution in [0.25, 0.3) is 0 Å². The maximum Gasteiger partial charge on any atom is 0.262 e. The molecule has 3 aromatic carbocycles. The molecule has 1 heterocycles. The summed E-state index contributed by atoms with van der Waals surface area (Å²) < 4.78 is 40.3. The molecule has 1 aliphatic carbocycles. The number of ether oxygens (including phenoxy) is 2. The predicted octanol–water partition coefficient (Wildman–Crippen LogP) is 5.65. The van der Waals surface area contributed by atoms with E-state index in [2.05, 4.69) is 4.72 Å². The van der Waals surface area contributed by atoms with Crippen molar-refractivity contribution in [3.8, 4) is 11.5 Å². The molecule has 1 N–H and O–H groups in total. The summed E-state index contributed by atoms with van der Waals surface area (Å²) in [7, 11) is -2.12. The highest BCUT2D eigenvalue weighted by Crippen LogP contribution is 2.38. The molecule has 0 radical (unpaired) electrons. The van der Waals surface area contributed by atoms with Crippen LogP contribution in [-0.2, 0) is 14.8 Å². The minimum absolute atomic E-state index is 0.00186. The van der Waals surface area contributed by atoms with E-state index in [-0.39, 0.29) is 22.8 Å². The van der Waals surface area contributed by atoms with E-state index in [4.69, 9.17) is 9.47 Å². The Bertz CT molecular complexity index is 1400. The molecule has 2 fully saturated rings. The Kier molecular flexibility index (Phi) is 7.11. The Morgan fingerprint density at radius 3 is 2.49 bits per heavy atom. The first-order chi connectivity index (χ1) is 17.8. The molecule has 2 aliphatic rings. The van der Waals surface area contributed by atoms with Gasteiger partial charge in [-0.1, -0.05) is 30.3 Å². The molecule has 3 aromatic rings. The van der Waals surface area contributed by atoms with Gasteiger partial charge in [0.25, 0.3) is 10.0 Å². The molecule has 0 bridgehead atoms. The first-order valence-corrected chi connectivity index (χ1v) is 14.2. The smallest absolute Gasteiger partial charge is 0.262 e. The van der Waals surface area contributed by atoms with E-state index in [0.29, 0.717) is 35.7 Å². The summed E-state index contributed by atoms with van der Waals surface area (Å²) in [5.41, 5.74) is 2.77. The molecule has 1 saturated heterocycles. The van der Waals surface area contributed by atoms with Crippen LogP contribution < -0.4 is 19.1 Å². The minimum atomic E-state index is -3.75. The van der Waals surface area contributed by atoms with Crippen molar-refractivity contribution in [2.24, 2.45) is 0 Å². The second-order valence-corrected chi connectivity index (χ2v) is 11.4. The van der Waals surface area contributed by atoms with Gasteiger partial charge in [-0.25, -0.2) is 8.42 Å². The Morgan fingerprint density at radius 2 is 1.73 bits per heavy atom. The van der Waals surface area contributed by atoms with E-state index in [1.54, 1.807) is 61.4 Å². The van der Waals surface area contributed by atoms with Crippen molar-refractivity contribution in [3.63, 3.8) is 0 Å². The van der Waals surface area contributed by atoms with E-state index in [1.165, 1.54) is 12.8 Å². The van der Waals surface area contributed by atoms with Crippen molar-refractivity contribution in [1.29, 1.82) is 0 Å². The van der Waals surface area contributed by atoms with Gasteiger partial charge in [0.05, 0.1) is 23.8 Å². The van der Waals surface area contributed by atoms with E-state index < -0.39 is 10.0 Å². The van der Waals surface area contributed by atoms with Gasteiger partial charge in [-0.2, -0.15) is 0 Å². The highest BCUT2D eigenvalue weighted by atomic mass is 32.2. The number of sulfonamides is 1. The first kappa shape index (κ1) is 25.1. The summed E-state index contributed by atoms with van der Waals surface area (Å²) in [6.07, 6.45) is 5.03. The van der Waals surface area contributed by atoms with Crippen molar-refractivity contribution in [2.75, 3.05) is 23.3 Å². The lowest BCUT2D eigenvalue weighted by Crippen LogP contribution is -2.24. The standard InChI is InChI=1S/C29H32N2O5S/c1-20-8-3-6-13-28(20)37(33,34)30-23-9-7-10-24(18-23)31-19-22(17-29(31)32)21-14-15-26(35-2)27(16-21)36-25-11-4-5-12-25/h3,6-10,13-16,18,22,25,30H,4-5,11-12,17,19H2,1-2H3. The maximum atomic E-state index is 13.0. The van der Waals surface area contributed by atoms with Gasteiger partial charge in [0.1, 0.15) is 0 Å². The molecule has 0 spiro atoms. The lowest BCUT2D eigenvalue weighted by atomic mass is 9.98. The quantitative estimate of drug-likeness (QED) is 0.415. The van der Waals surface area contributed by atoms with Crippen LogP contribution in [0.15, 0.2) is 71.6 Å². The second kappa shape index (κ2) is 10.5. The van der Waals surface area contributed by atoms with Crippen LogP contribution in [0.2, 0.25) is 0 Å². The zero-order valence-corrected chi connectivity index (χ0v) is 22.0. The van der Waals surface area contributed by atoms with Gasteiger partial charge < -0.3 is 14.4 Å².